The number of fused-ring (bicyclic) bond motifs is 1. The van der Waals surface area contributed by atoms with E-state index in [1.54, 1.807) is 18.5 Å². The van der Waals surface area contributed by atoms with Gasteiger partial charge in [-0.15, -0.1) is 0 Å². The van der Waals surface area contributed by atoms with Crippen LogP contribution in [-0.4, -0.2) is 17.5 Å². The third-order valence-electron chi connectivity index (χ3n) is 4.82. The normalized spacial score (nSPS) is 12.6. The van der Waals surface area contributed by atoms with Gasteiger partial charge in [0.05, 0.1) is 5.56 Å². The van der Waals surface area contributed by atoms with Crippen molar-refractivity contribution in [3.05, 3.63) is 94.8 Å². The van der Waals surface area contributed by atoms with Crippen molar-refractivity contribution in [1.82, 2.24) is 4.98 Å². The molecule has 2 heterocycles. The molecule has 2 aromatic carbocycles. The lowest BCUT2D eigenvalue weighted by Crippen LogP contribution is -2.16. The molecule has 0 fully saturated rings. The van der Waals surface area contributed by atoms with Gasteiger partial charge in [-0.1, -0.05) is 18.2 Å². The highest BCUT2D eigenvalue weighted by Gasteiger charge is 2.22. The number of aryl methyl sites for hydroxylation is 2. The van der Waals surface area contributed by atoms with E-state index in [9.17, 15) is 4.79 Å². The van der Waals surface area contributed by atoms with Gasteiger partial charge < -0.3 is 10.1 Å². The van der Waals surface area contributed by atoms with Gasteiger partial charge in [-0.3, -0.25) is 9.78 Å². The number of benzene rings is 2. The van der Waals surface area contributed by atoms with Gasteiger partial charge in [0.1, 0.15) is 12.4 Å². The lowest BCUT2D eigenvalue weighted by Gasteiger charge is -2.21. The topological polar surface area (TPSA) is 51.2 Å². The second-order valence-corrected chi connectivity index (χ2v) is 6.60. The Kier molecular flexibility index (Phi) is 4.47. The number of aromatic nitrogens is 1. The molecular weight excluding hydrogens is 336 g/mol. The summed E-state index contributed by atoms with van der Waals surface area (Å²) in [5, 5.41) is 2.98. The molecule has 0 bridgehead atoms. The molecule has 4 heteroatoms. The fraction of sp³-hybridized carbons (Fsp3) is 0.130. The Bertz CT molecular complexity index is 1040. The van der Waals surface area contributed by atoms with Gasteiger partial charge in [0.2, 0.25) is 0 Å². The van der Waals surface area contributed by atoms with Crippen molar-refractivity contribution in [2.24, 2.45) is 0 Å². The highest BCUT2D eigenvalue weighted by molar-refractivity contribution is 6.07. The maximum Gasteiger partial charge on any atom is 0.259 e. The smallest absolute Gasteiger partial charge is 0.259 e. The summed E-state index contributed by atoms with van der Waals surface area (Å²) in [7, 11) is 0. The summed E-state index contributed by atoms with van der Waals surface area (Å²) in [6, 6.07) is 15.5. The summed E-state index contributed by atoms with van der Waals surface area (Å²) in [4.78, 5) is 17.0. The molecule has 27 heavy (non-hydrogen) atoms. The van der Waals surface area contributed by atoms with Gasteiger partial charge in [0.25, 0.3) is 5.91 Å². The van der Waals surface area contributed by atoms with E-state index >= 15 is 0 Å². The number of hydrogen-bond acceptors (Lipinski definition) is 3. The van der Waals surface area contributed by atoms with E-state index in [-0.39, 0.29) is 5.91 Å². The monoisotopic (exact) mass is 356 g/mol. The molecule has 0 radical (unpaired) electrons. The van der Waals surface area contributed by atoms with E-state index < -0.39 is 0 Å². The predicted octanol–water partition coefficient (Wildman–Crippen LogP) is 4.77. The lowest BCUT2D eigenvalue weighted by atomic mass is 9.94. The van der Waals surface area contributed by atoms with Crippen molar-refractivity contribution >= 4 is 17.2 Å². The first-order valence-corrected chi connectivity index (χ1v) is 8.89. The predicted molar refractivity (Wildman–Crippen MR) is 107 cm³/mol. The highest BCUT2D eigenvalue weighted by atomic mass is 16.5. The Hall–Kier alpha value is -3.40. The minimum Gasteiger partial charge on any atom is -0.488 e. The van der Waals surface area contributed by atoms with Crippen LogP contribution < -0.4 is 10.1 Å². The van der Waals surface area contributed by atoms with Crippen molar-refractivity contribution in [3.63, 3.8) is 0 Å². The van der Waals surface area contributed by atoms with Crippen LogP contribution in [0.5, 0.6) is 5.75 Å². The first kappa shape index (κ1) is 17.0. The zero-order valence-corrected chi connectivity index (χ0v) is 15.3. The standard InChI is InChI=1S/C23H20N2O2/c1-15-6-7-18(14-16(15)2)25-23(26)21-5-3-4-20-19(10-13-27-22(20)21)17-8-11-24-12-9-17/h3-12,14H,13H2,1-2H3,(H,25,26). The Morgan fingerprint density at radius 3 is 2.63 bits per heavy atom. The molecule has 134 valence electrons. The fourth-order valence-electron chi connectivity index (χ4n) is 3.22. The third kappa shape index (κ3) is 3.34. The summed E-state index contributed by atoms with van der Waals surface area (Å²) >= 11 is 0. The molecular formula is C23H20N2O2. The van der Waals surface area contributed by atoms with Crippen molar-refractivity contribution in [2.45, 2.75) is 13.8 Å². The maximum absolute atomic E-state index is 12.9. The van der Waals surface area contributed by atoms with E-state index in [0.29, 0.717) is 17.9 Å². The average molecular weight is 356 g/mol. The zero-order valence-electron chi connectivity index (χ0n) is 15.3. The molecule has 1 aliphatic rings. The number of hydrogen-bond donors (Lipinski definition) is 1. The Morgan fingerprint density at radius 1 is 1.04 bits per heavy atom. The number of nitrogens with one attached hydrogen (secondary N) is 1. The summed E-state index contributed by atoms with van der Waals surface area (Å²) in [5.74, 6) is 0.444. The van der Waals surface area contributed by atoms with Crippen molar-refractivity contribution in [3.8, 4) is 5.75 Å². The Balaban J connectivity index is 1.68. The van der Waals surface area contributed by atoms with Gasteiger partial charge in [-0.2, -0.15) is 0 Å². The first-order chi connectivity index (χ1) is 13.1. The second-order valence-electron chi connectivity index (χ2n) is 6.60. The molecule has 0 unspecified atom stereocenters. The molecule has 0 saturated heterocycles. The fourth-order valence-corrected chi connectivity index (χ4v) is 3.22. The molecule has 0 aliphatic carbocycles. The van der Waals surface area contributed by atoms with Crippen molar-refractivity contribution < 1.29 is 9.53 Å². The first-order valence-electron chi connectivity index (χ1n) is 8.89. The molecule has 4 nitrogen and oxygen atoms in total. The van der Waals surface area contributed by atoms with Crippen LogP contribution in [0.4, 0.5) is 5.69 Å². The molecule has 1 N–H and O–H groups in total. The number of para-hydroxylation sites is 1. The third-order valence-corrected chi connectivity index (χ3v) is 4.82. The van der Waals surface area contributed by atoms with Crippen LogP contribution in [0.1, 0.15) is 32.6 Å². The molecule has 0 saturated carbocycles. The molecule has 3 aromatic rings. The molecule has 1 aliphatic heterocycles. The number of carbonyl (C=O) groups excluding carboxylic acids is 1. The Labute approximate surface area is 158 Å². The number of rotatable bonds is 3. The minimum atomic E-state index is -0.175. The number of anilines is 1. The van der Waals surface area contributed by atoms with Gasteiger partial charge in [0, 0.05) is 23.6 Å². The number of nitrogens with zero attached hydrogens (tertiary/aromatic N) is 1. The zero-order chi connectivity index (χ0) is 18.8. The average Bonchev–Trinajstić information content (AvgIpc) is 2.70. The number of pyridine rings is 1. The lowest BCUT2D eigenvalue weighted by molar-refractivity contribution is 0.102. The quantitative estimate of drug-likeness (QED) is 0.735. The summed E-state index contributed by atoms with van der Waals surface area (Å²) in [6.45, 7) is 4.51. The van der Waals surface area contributed by atoms with E-state index in [1.165, 1.54) is 5.56 Å². The van der Waals surface area contributed by atoms with Gasteiger partial charge in [0.15, 0.2) is 0 Å². The van der Waals surface area contributed by atoms with Crippen LogP contribution in [0, 0.1) is 13.8 Å². The second kappa shape index (κ2) is 7.08. The minimum absolute atomic E-state index is 0.175. The van der Waals surface area contributed by atoms with E-state index in [0.717, 1.165) is 28.0 Å². The summed E-state index contributed by atoms with van der Waals surface area (Å²) in [5.41, 5.74) is 6.68. The van der Waals surface area contributed by atoms with Crippen LogP contribution >= 0.6 is 0 Å². The van der Waals surface area contributed by atoms with Crippen LogP contribution in [-0.2, 0) is 0 Å². The number of carbonyl (C=O) groups is 1. The SMILES string of the molecule is Cc1ccc(NC(=O)c2cccc3c2OCC=C3c2ccncc2)cc1C. The van der Waals surface area contributed by atoms with E-state index in [4.69, 9.17) is 4.74 Å². The van der Waals surface area contributed by atoms with Crippen molar-refractivity contribution in [1.29, 1.82) is 0 Å². The van der Waals surface area contributed by atoms with Crippen LogP contribution in [0.25, 0.3) is 5.57 Å². The summed E-state index contributed by atoms with van der Waals surface area (Å²) in [6.07, 6.45) is 5.56. The number of amides is 1. The maximum atomic E-state index is 12.9. The van der Waals surface area contributed by atoms with E-state index in [2.05, 4.69) is 17.2 Å². The van der Waals surface area contributed by atoms with Gasteiger partial charge in [-0.05, 0) is 72.5 Å². The molecule has 1 aromatic heterocycles. The van der Waals surface area contributed by atoms with Crippen molar-refractivity contribution in [2.75, 3.05) is 11.9 Å². The van der Waals surface area contributed by atoms with Gasteiger partial charge in [-0.25, -0.2) is 0 Å². The highest BCUT2D eigenvalue weighted by Crippen LogP contribution is 2.36. The number of ether oxygens (including phenoxy) is 1. The summed E-state index contributed by atoms with van der Waals surface area (Å²) < 4.78 is 5.86. The molecule has 1 amide bonds. The van der Waals surface area contributed by atoms with E-state index in [1.807, 2.05) is 55.5 Å². The Morgan fingerprint density at radius 2 is 1.85 bits per heavy atom. The molecule has 4 rings (SSSR count). The largest absolute Gasteiger partial charge is 0.488 e. The van der Waals surface area contributed by atoms with Gasteiger partial charge >= 0.3 is 0 Å². The van der Waals surface area contributed by atoms with Crippen LogP contribution in [0.3, 0.4) is 0 Å². The van der Waals surface area contributed by atoms with Crippen LogP contribution in [0.2, 0.25) is 0 Å². The van der Waals surface area contributed by atoms with Crippen LogP contribution in [0.15, 0.2) is 67.0 Å². The molecule has 0 atom stereocenters. The molecule has 0 spiro atoms.